The van der Waals surface area contributed by atoms with E-state index in [2.05, 4.69) is 17.1 Å². The molecule has 0 bridgehead atoms. The van der Waals surface area contributed by atoms with Crippen molar-refractivity contribution in [3.8, 4) is 11.6 Å². The summed E-state index contributed by atoms with van der Waals surface area (Å²) in [5.74, 6) is 1.31. The second kappa shape index (κ2) is 4.37. The standard InChI is InChI=1S/C15H12N2O/c16-13-6-8-15(17-10-13)18-14-7-5-11-3-1-2-4-12(11)9-14/h1-10H,16H2. The zero-order valence-corrected chi connectivity index (χ0v) is 9.71. The van der Waals surface area contributed by atoms with Gasteiger partial charge in [0, 0.05) is 6.07 Å². The molecule has 0 saturated carbocycles. The summed E-state index contributed by atoms with van der Waals surface area (Å²) in [7, 11) is 0. The van der Waals surface area contributed by atoms with Crippen LogP contribution in [0.3, 0.4) is 0 Å². The molecule has 18 heavy (non-hydrogen) atoms. The first-order valence-corrected chi connectivity index (χ1v) is 5.69. The Bertz CT molecular complexity index is 677. The molecule has 3 rings (SSSR count). The van der Waals surface area contributed by atoms with Gasteiger partial charge < -0.3 is 10.5 Å². The molecular formula is C15H12N2O. The van der Waals surface area contributed by atoms with Crippen LogP contribution < -0.4 is 10.5 Å². The molecule has 1 heterocycles. The molecule has 0 fully saturated rings. The highest BCUT2D eigenvalue weighted by Crippen LogP contribution is 2.24. The minimum atomic E-state index is 0.541. The SMILES string of the molecule is Nc1ccc(Oc2ccc3ccccc3c2)nc1. The Balaban J connectivity index is 1.92. The molecule has 0 atom stereocenters. The number of ether oxygens (including phenoxy) is 1. The fourth-order valence-electron chi connectivity index (χ4n) is 1.80. The van der Waals surface area contributed by atoms with Crippen molar-refractivity contribution >= 4 is 16.5 Å². The molecule has 3 heteroatoms. The smallest absolute Gasteiger partial charge is 0.219 e. The number of nitrogens with two attached hydrogens (primary N) is 1. The Morgan fingerprint density at radius 3 is 2.50 bits per heavy atom. The lowest BCUT2D eigenvalue weighted by molar-refractivity contribution is 0.464. The van der Waals surface area contributed by atoms with Crippen LogP contribution in [0.15, 0.2) is 60.8 Å². The van der Waals surface area contributed by atoms with Crippen molar-refractivity contribution in [2.45, 2.75) is 0 Å². The van der Waals surface area contributed by atoms with Gasteiger partial charge in [-0.15, -0.1) is 0 Å². The summed E-state index contributed by atoms with van der Waals surface area (Å²) in [5, 5.41) is 2.33. The molecule has 3 nitrogen and oxygen atoms in total. The van der Waals surface area contributed by atoms with E-state index >= 15 is 0 Å². The van der Waals surface area contributed by atoms with E-state index in [1.807, 2.05) is 30.3 Å². The number of aromatic nitrogens is 1. The maximum absolute atomic E-state index is 5.67. The molecule has 0 aliphatic carbocycles. The Morgan fingerprint density at radius 1 is 0.889 bits per heavy atom. The van der Waals surface area contributed by atoms with Crippen molar-refractivity contribution in [1.82, 2.24) is 4.98 Å². The highest BCUT2D eigenvalue weighted by molar-refractivity contribution is 5.83. The minimum absolute atomic E-state index is 0.541. The lowest BCUT2D eigenvalue weighted by atomic mass is 10.1. The maximum Gasteiger partial charge on any atom is 0.219 e. The molecule has 0 spiro atoms. The number of nitrogen functional groups attached to an aromatic ring is 1. The van der Waals surface area contributed by atoms with E-state index in [0.717, 1.165) is 11.1 Å². The summed E-state index contributed by atoms with van der Waals surface area (Å²) in [6.07, 6.45) is 1.58. The first-order valence-electron chi connectivity index (χ1n) is 5.69. The van der Waals surface area contributed by atoms with Gasteiger partial charge in [0.15, 0.2) is 0 Å². The molecule has 0 unspecified atom stereocenters. The van der Waals surface area contributed by atoms with Crippen molar-refractivity contribution in [2.75, 3.05) is 5.73 Å². The molecule has 0 radical (unpaired) electrons. The monoisotopic (exact) mass is 236 g/mol. The molecule has 1 aromatic heterocycles. The zero-order chi connectivity index (χ0) is 12.4. The third-order valence-electron chi connectivity index (χ3n) is 2.70. The molecule has 88 valence electrons. The molecule has 0 aliphatic rings. The van der Waals surface area contributed by atoms with Crippen LogP contribution in [0.2, 0.25) is 0 Å². The zero-order valence-electron chi connectivity index (χ0n) is 9.71. The number of nitrogens with zero attached hydrogens (tertiary/aromatic N) is 1. The maximum atomic E-state index is 5.67. The van der Waals surface area contributed by atoms with E-state index in [0.29, 0.717) is 11.6 Å². The molecule has 2 N–H and O–H groups in total. The number of benzene rings is 2. The number of anilines is 1. The van der Waals surface area contributed by atoms with E-state index in [4.69, 9.17) is 10.5 Å². The fourth-order valence-corrected chi connectivity index (χ4v) is 1.80. The predicted molar refractivity (Wildman–Crippen MR) is 72.7 cm³/mol. The van der Waals surface area contributed by atoms with Crippen LogP contribution >= 0.6 is 0 Å². The van der Waals surface area contributed by atoms with Gasteiger partial charge in [-0.1, -0.05) is 30.3 Å². The molecule has 0 amide bonds. The average Bonchev–Trinajstić information content (AvgIpc) is 2.41. The first kappa shape index (κ1) is 10.6. The minimum Gasteiger partial charge on any atom is -0.439 e. The highest BCUT2D eigenvalue weighted by atomic mass is 16.5. The normalized spacial score (nSPS) is 10.4. The van der Waals surface area contributed by atoms with Crippen LogP contribution in [0.25, 0.3) is 10.8 Å². The van der Waals surface area contributed by atoms with E-state index < -0.39 is 0 Å². The molecular weight excluding hydrogens is 224 g/mol. The summed E-state index contributed by atoms with van der Waals surface area (Å²) in [6, 6.07) is 17.6. The van der Waals surface area contributed by atoms with E-state index in [9.17, 15) is 0 Å². The molecule has 2 aromatic carbocycles. The van der Waals surface area contributed by atoms with Crippen LogP contribution in [0.5, 0.6) is 11.6 Å². The quantitative estimate of drug-likeness (QED) is 0.739. The third-order valence-corrected chi connectivity index (χ3v) is 2.70. The second-order valence-electron chi connectivity index (χ2n) is 4.04. The number of fused-ring (bicyclic) bond motifs is 1. The van der Waals surface area contributed by atoms with Gasteiger partial charge in [0.2, 0.25) is 5.88 Å². The van der Waals surface area contributed by atoms with Crippen LogP contribution in [0.1, 0.15) is 0 Å². The number of pyridine rings is 1. The van der Waals surface area contributed by atoms with E-state index in [-0.39, 0.29) is 0 Å². The van der Waals surface area contributed by atoms with Crippen molar-refractivity contribution in [2.24, 2.45) is 0 Å². The number of hydrogen-bond donors (Lipinski definition) is 1. The van der Waals surface area contributed by atoms with Crippen molar-refractivity contribution in [1.29, 1.82) is 0 Å². The highest BCUT2D eigenvalue weighted by Gasteiger charge is 2.00. The van der Waals surface area contributed by atoms with Crippen molar-refractivity contribution in [3.05, 3.63) is 60.8 Å². The van der Waals surface area contributed by atoms with Crippen LogP contribution in [0, 0.1) is 0 Å². The van der Waals surface area contributed by atoms with Gasteiger partial charge in [-0.25, -0.2) is 4.98 Å². The van der Waals surface area contributed by atoms with Gasteiger partial charge in [-0.05, 0) is 29.0 Å². The van der Waals surface area contributed by atoms with Gasteiger partial charge in [-0.3, -0.25) is 0 Å². The fraction of sp³-hybridized carbons (Fsp3) is 0. The van der Waals surface area contributed by atoms with Gasteiger partial charge in [0.25, 0.3) is 0 Å². The average molecular weight is 236 g/mol. The van der Waals surface area contributed by atoms with Crippen LogP contribution in [-0.2, 0) is 0 Å². The third kappa shape index (κ3) is 2.11. The van der Waals surface area contributed by atoms with Crippen molar-refractivity contribution in [3.63, 3.8) is 0 Å². The van der Waals surface area contributed by atoms with Gasteiger partial charge in [0.05, 0.1) is 11.9 Å². The molecule has 0 saturated heterocycles. The summed E-state index contributed by atoms with van der Waals surface area (Å²) in [6.45, 7) is 0. The summed E-state index contributed by atoms with van der Waals surface area (Å²) < 4.78 is 5.67. The molecule has 3 aromatic rings. The first-order chi connectivity index (χ1) is 8.81. The predicted octanol–water partition coefficient (Wildman–Crippen LogP) is 3.61. The Kier molecular flexibility index (Phi) is 2.57. The summed E-state index contributed by atoms with van der Waals surface area (Å²) in [4.78, 5) is 4.11. The van der Waals surface area contributed by atoms with Gasteiger partial charge >= 0.3 is 0 Å². The Morgan fingerprint density at radius 2 is 1.72 bits per heavy atom. The lowest BCUT2D eigenvalue weighted by Gasteiger charge is -2.06. The Hall–Kier alpha value is -2.55. The largest absolute Gasteiger partial charge is 0.439 e. The molecule has 0 aliphatic heterocycles. The Labute approximate surface area is 105 Å². The lowest BCUT2D eigenvalue weighted by Crippen LogP contribution is -1.90. The summed E-state index contributed by atoms with van der Waals surface area (Å²) in [5.41, 5.74) is 6.20. The topological polar surface area (TPSA) is 48.1 Å². The van der Waals surface area contributed by atoms with E-state index in [1.54, 1.807) is 18.3 Å². The number of rotatable bonds is 2. The second-order valence-corrected chi connectivity index (χ2v) is 4.04. The van der Waals surface area contributed by atoms with Crippen LogP contribution in [0.4, 0.5) is 5.69 Å². The number of hydrogen-bond acceptors (Lipinski definition) is 3. The summed E-state index contributed by atoms with van der Waals surface area (Å²) >= 11 is 0. The van der Waals surface area contributed by atoms with Crippen LogP contribution in [-0.4, -0.2) is 4.98 Å². The van der Waals surface area contributed by atoms with Gasteiger partial charge in [0.1, 0.15) is 5.75 Å². The van der Waals surface area contributed by atoms with E-state index in [1.165, 1.54) is 5.39 Å². The van der Waals surface area contributed by atoms with Gasteiger partial charge in [-0.2, -0.15) is 0 Å². The van der Waals surface area contributed by atoms with Crippen molar-refractivity contribution < 1.29 is 4.74 Å².